The van der Waals surface area contributed by atoms with Crippen LogP contribution in [0.5, 0.6) is 0 Å². The van der Waals surface area contributed by atoms with Crippen molar-refractivity contribution in [2.24, 2.45) is 0 Å². The van der Waals surface area contributed by atoms with Gasteiger partial charge in [0.25, 0.3) is 0 Å². The van der Waals surface area contributed by atoms with Crippen LogP contribution in [0.4, 0.5) is 4.70 Å². The predicted octanol–water partition coefficient (Wildman–Crippen LogP) is 3.80. The Hall–Kier alpha value is 0.0200. The zero-order valence-electron chi connectivity index (χ0n) is 4.77. The van der Waals surface area contributed by atoms with Gasteiger partial charge in [-0.3, -0.25) is 4.70 Å². The Bertz CT molecular complexity index is 204. The third-order valence-electron chi connectivity index (χ3n) is 0.904. The first-order chi connectivity index (χ1) is 4.22. The molecule has 0 aliphatic rings. The van der Waals surface area contributed by atoms with Gasteiger partial charge in [0, 0.05) is 0 Å². The number of benzene rings is 1. The minimum absolute atomic E-state index is 0. The highest BCUT2D eigenvalue weighted by atomic mass is 35.5. The van der Waals surface area contributed by atoms with E-state index in [1.54, 1.807) is 18.2 Å². The van der Waals surface area contributed by atoms with Gasteiger partial charge >= 0.3 is 0 Å². The fraction of sp³-hybridized carbons (Fsp3) is 0. The lowest BCUT2D eigenvalue weighted by Gasteiger charge is -1.94. The van der Waals surface area contributed by atoms with Crippen LogP contribution in [0.15, 0.2) is 18.2 Å². The van der Waals surface area contributed by atoms with Crippen LogP contribution in [0.3, 0.4) is 0 Å². The summed E-state index contributed by atoms with van der Waals surface area (Å²) in [6, 6.07) is 5.13. The van der Waals surface area contributed by atoms with Crippen LogP contribution in [0.1, 0.15) is 0 Å². The molecule has 56 valence electrons. The molecule has 1 rings (SSSR count). The van der Waals surface area contributed by atoms with Crippen molar-refractivity contribution in [1.29, 1.82) is 0 Å². The van der Waals surface area contributed by atoms with E-state index in [1.807, 2.05) is 0 Å². The van der Waals surface area contributed by atoms with E-state index in [0.717, 1.165) is 0 Å². The second-order valence-corrected chi connectivity index (χ2v) is 2.73. The third-order valence-corrected chi connectivity index (χ3v) is 2.14. The topological polar surface area (TPSA) is 0 Å². The number of hydrogen-bond donors (Lipinski definition) is 0. The van der Waals surface area contributed by atoms with Crippen molar-refractivity contribution in [2.45, 2.75) is 0 Å². The third kappa shape index (κ3) is 2.01. The zero-order chi connectivity index (χ0) is 6.85. The molecule has 10 heavy (non-hydrogen) atoms. The molecule has 0 atom stereocenters. The SMILES string of the molecule is Clc1cccc(Cl)c1Cl.F. The normalized spacial score (nSPS) is 8.70. The van der Waals surface area contributed by atoms with Gasteiger partial charge in [0.15, 0.2) is 0 Å². The summed E-state index contributed by atoms with van der Waals surface area (Å²) in [7, 11) is 0. The van der Waals surface area contributed by atoms with Gasteiger partial charge in [-0.1, -0.05) is 40.9 Å². The molecule has 0 aliphatic carbocycles. The Morgan fingerprint density at radius 3 is 1.60 bits per heavy atom. The molecular formula is C6H4Cl3F. The van der Waals surface area contributed by atoms with Crippen molar-refractivity contribution in [3.63, 3.8) is 0 Å². The quantitative estimate of drug-likeness (QED) is 0.560. The molecule has 0 bridgehead atoms. The summed E-state index contributed by atoms with van der Waals surface area (Å²) in [5, 5.41) is 1.40. The van der Waals surface area contributed by atoms with Crippen molar-refractivity contribution in [1.82, 2.24) is 0 Å². The fourth-order valence-corrected chi connectivity index (χ4v) is 1.00. The molecule has 0 heterocycles. The summed E-state index contributed by atoms with van der Waals surface area (Å²) < 4.78 is 0. The van der Waals surface area contributed by atoms with E-state index in [-0.39, 0.29) is 4.70 Å². The summed E-state index contributed by atoms with van der Waals surface area (Å²) in [6.45, 7) is 0. The van der Waals surface area contributed by atoms with Gasteiger partial charge in [-0.15, -0.1) is 0 Å². The molecule has 0 spiro atoms. The van der Waals surface area contributed by atoms with Gasteiger partial charge in [-0.2, -0.15) is 0 Å². The van der Waals surface area contributed by atoms with Crippen LogP contribution in [-0.4, -0.2) is 0 Å². The lowest BCUT2D eigenvalue weighted by Crippen LogP contribution is -1.67. The zero-order valence-corrected chi connectivity index (χ0v) is 7.04. The largest absolute Gasteiger partial charge is 0.269 e. The highest BCUT2D eigenvalue weighted by Gasteiger charge is 1.98. The summed E-state index contributed by atoms with van der Waals surface area (Å²) in [6.07, 6.45) is 0. The van der Waals surface area contributed by atoms with E-state index in [2.05, 4.69) is 0 Å². The van der Waals surface area contributed by atoms with Crippen molar-refractivity contribution in [3.05, 3.63) is 33.3 Å². The molecule has 1 aromatic rings. The minimum atomic E-state index is 0. The number of halogens is 4. The van der Waals surface area contributed by atoms with Gasteiger partial charge < -0.3 is 0 Å². The molecule has 0 amide bonds. The van der Waals surface area contributed by atoms with Gasteiger partial charge in [0.1, 0.15) is 0 Å². The van der Waals surface area contributed by atoms with E-state index in [1.165, 1.54) is 0 Å². The Balaban J connectivity index is 0.000000810. The van der Waals surface area contributed by atoms with E-state index in [0.29, 0.717) is 15.1 Å². The minimum Gasteiger partial charge on any atom is -0.269 e. The molecule has 1 aromatic carbocycles. The summed E-state index contributed by atoms with van der Waals surface area (Å²) in [5.41, 5.74) is 0. The standard InChI is InChI=1S/C6H3Cl3.FH/c7-4-2-1-3-5(8)6(4)9;/h1-3H;1H. The van der Waals surface area contributed by atoms with E-state index < -0.39 is 0 Å². The van der Waals surface area contributed by atoms with Crippen molar-refractivity contribution >= 4 is 34.8 Å². The van der Waals surface area contributed by atoms with Crippen LogP contribution in [0.2, 0.25) is 15.1 Å². The molecule has 0 fully saturated rings. The highest BCUT2D eigenvalue weighted by Crippen LogP contribution is 2.28. The molecule has 4 heteroatoms. The summed E-state index contributed by atoms with van der Waals surface area (Å²) in [5.74, 6) is 0. The number of hydrogen-bond acceptors (Lipinski definition) is 0. The van der Waals surface area contributed by atoms with Gasteiger partial charge in [0.2, 0.25) is 0 Å². The van der Waals surface area contributed by atoms with Crippen molar-refractivity contribution in [3.8, 4) is 0 Å². The fourth-order valence-electron chi connectivity index (χ4n) is 0.477. The molecule has 0 aliphatic heterocycles. The maximum atomic E-state index is 5.61. The molecule has 0 unspecified atom stereocenters. The van der Waals surface area contributed by atoms with Crippen molar-refractivity contribution in [2.75, 3.05) is 0 Å². The first kappa shape index (κ1) is 10.0. The summed E-state index contributed by atoms with van der Waals surface area (Å²) >= 11 is 16.8. The van der Waals surface area contributed by atoms with Crippen LogP contribution < -0.4 is 0 Å². The number of rotatable bonds is 0. The van der Waals surface area contributed by atoms with Crippen molar-refractivity contribution < 1.29 is 4.70 Å². The van der Waals surface area contributed by atoms with Crippen LogP contribution in [0.25, 0.3) is 0 Å². The van der Waals surface area contributed by atoms with E-state index >= 15 is 0 Å². The lowest BCUT2D eigenvalue weighted by molar-refractivity contribution is 1.11. The van der Waals surface area contributed by atoms with Crippen LogP contribution >= 0.6 is 34.8 Å². The first-order valence-electron chi connectivity index (χ1n) is 2.31. The van der Waals surface area contributed by atoms with Crippen LogP contribution in [-0.2, 0) is 0 Å². The maximum Gasteiger partial charge on any atom is 0.0778 e. The second-order valence-electron chi connectivity index (χ2n) is 1.54. The monoisotopic (exact) mass is 200 g/mol. The summed E-state index contributed by atoms with van der Waals surface area (Å²) in [4.78, 5) is 0. The van der Waals surface area contributed by atoms with Gasteiger partial charge in [-0.05, 0) is 12.1 Å². The maximum absolute atomic E-state index is 5.61. The Morgan fingerprint density at radius 1 is 0.900 bits per heavy atom. The molecule has 0 radical (unpaired) electrons. The van der Waals surface area contributed by atoms with Crippen LogP contribution in [0, 0.1) is 0 Å². The average Bonchev–Trinajstić information content (AvgIpc) is 1.83. The van der Waals surface area contributed by atoms with E-state index in [9.17, 15) is 0 Å². The predicted molar refractivity (Wildman–Crippen MR) is 44.0 cm³/mol. The molecule has 0 saturated carbocycles. The van der Waals surface area contributed by atoms with Gasteiger partial charge in [0.05, 0.1) is 15.1 Å². The molecule has 0 aromatic heterocycles. The molecule has 0 N–H and O–H groups in total. The molecule has 0 nitrogen and oxygen atoms in total. The Kier molecular flexibility index (Phi) is 4.02. The smallest absolute Gasteiger partial charge is 0.0778 e. The van der Waals surface area contributed by atoms with E-state index in [4.69, 9.17) is 34.8 Å². The second kappa shape index (κ2) is 4.02. The Morgan fingerprint density at radius 2 is 1.30 bits per heavy atom. The average molecular weight is 201 g/mol. The first-order valence-corrected chi connectivity index (χ1v) is 3.44. The lowest BCUT2D eigenvalue weighted by atomic mass is 10.4. The van der Waals surface area contributed by atoms with Gasteiger partial charge in [-0.25, -0.2) is 0 Å². The Labute approximate surface area is 73.1 Å². The highest BCUT2D eigenvalue weighted by molar-refractivity contribution is 6.47. The molecular weight excluding hydrogens is 197 g/mol. The molecule has 0 saturated heterocycles.